The molecule has 32 heavy (non-hydrogen) atoms. The van der Waals surface area contributed by atoms with Gasteiger partial charge in [-0.15, -0.1) is 0 Å². The lowest BCUT2D eigenvalue weighted by Crippen LogP contribution is -3.00. The smallest absolute Gasteiger partial charge is 0.416 e. The molecule has 0 aliphatic heterocycles. The molecule has 0 bridgehead atoms. The SMILES string of the molecule is C[n+]1c(-c2cc(C(F)(F)F)cc(C(F)(F)F)c2)c2cc(N)ccc2c2ccc(N)cc21.[Br-]. The molecule has 0 unspecified atom stereocenters. The lowest BCUT2D eigenvalue weighted by molar-refractivity contribution is -0.632. The Morgan fingerprint density at radius 1 is 0.656 bits per heavy atom. The van der Waals surface area contributed by atoms with Gasteiger partial charge in [0.05, 0.1) is 21.9 Å². The molecule has 1 heterocycles. The largest absolute Gasteiger partial charge is 1.00 e. The van der Waals surface area contributed by atoms with Crippen LogP contribution < -0.4 is 33.0 Å². The van der Waals surface area contributed by atoms with Crippen LogP contribution in [0.25, 0.3) is 32.9 Å². The van der Waals surface area contributed by atoms with E-state index in [9.17, 15) is 26.3 Å². The van der Waals surface area contributed by atoms with E-state index >= 15 is 0 Å². The quantitative estimate of drug-likeness (QED) is 0.177. The van der Waals surface area contributed by atoms with Crippen molar-refractivity contribution in [3.8, 4) is 11.3 Å². The van der Waals surface area contributed by atoms with Crippen LogP contribution in [-0.4, -0.2) is 0 Å². The Morgan fingerprint density at radius 3 is 1.69 bits per heavy atom. The van der Waals surface area contributed by atoms with Gasteiger partial charge in [0, 0.05) is 28.4 Å². The summed E-state index contributed by atoms with van der Waals surface area (Å²) in [6, 6.07) is 11.4. The predicted octanol–water partition coefficient (Wildman–Crippen LogP) is 2.69. The maximum Gasteiger partial charge on any atom is 0.416 e. The molecule has 4 rings (SSSR count). The van der Waals surface area contributed by atoms with Crippen molar-refractivity contribution >= 4 is 33.1 Å². The Kier molecular flexibility index (Phi) is 5.80. The molecule has 0 aliphatic carbocycles. The van der Waals surface area contributed by atoms with E-state index in [2.05, 4.69) is 0 Å². The first-order valence-electron chi connectivity index (χ1n) is 9.06. The average molecular weight is 516 g/mol. The zero-order valence-corrected chi connectivity index (χ0v) is 18.0. The van der Waals surface area contributed by atoms with Crippen molar-refractivity contribution < 1.29 is 47.9 Å². The van der Waals surface area contributed by atoms with E-state index < -0.39 is 23.5 Å². The fraction of sp³-hybridized carbons (Fsp3) is 0.136. The van der Waals surface area contributed by atoms with Gasteiger partial charge in [-0.05, 0) is 42.5 Å². The fourth-order valence-corrected chi connectivity index (χ4v) is 3.79. The minimum atomic E-state index is -4.95. The van der Waals surface area contributed by atoms with E-state index in [0.717, 1.165) is 5.39 Å². The van der Waals surface area contributed by atoms with Gasteiger partial charge in [-0.25, -0.2) is 0 Å². The molecule has 4 aromatic rings. The summed E-state index contributed by atoms with van der Waals surface area (Å²) in [5, 5.41) is 1.79. The summed E-state index contributed by atoms with van der Waals surface area (Å²) in [5.41, 5.74) is 10.2. The molecule has 0 radical (unpaired) electrons. The van der Waals surface area contributed by atoms with Crippen LogP contribution in [-0.2, 0) is 19.4 Å². The van der Waals surface area contributed by atoms with E-state index in [-0.39, 0.29) is 34.3 Å². The molecule has 0 fully saturated rings. The maximum absolute atomic E-state index is 13.4. The maximum atomic E-state index is 13.4. The van der Waals surface area contributed by atoms with Crippen LogP contribution in [0.15, 0.2) is 54.6 Å². The lowest BCUT2D eigenvalue weighted by atomic mass is 9.96. The number of benzene rings is 3. The van der Waals surface area contributed by atoms with Gasteiger partial charge in [0.2, 0.25) is 11.2 Å². The molecule has 0 aliphatic rings. The topological polar surface area (TPSA) is 55.9 Å². The van der Waals surface area contributed by atoms with Crippen LogP contribution in [0.4, 0.5) is 37.7 Å². The lowest BCUT2D eigenvalue weighted by Gasteiger charge is -2.15. The zero-order valence-electron chi connectivity index (χ0n) is 16.4. The van der Waals surface area contributed by atoms with Crippen LogP contribution >= 0.6 is 0 Å². The minimum Gasteiger partial charge on any atom is -1.00 e. The normalized spacial score (nSPS) is 12.2. The van der Waals surface area contributed by atoms with Crippen molar-refractivity contribution in [1.29, 1.82) is 0 Å². The molecular formula is C22H16BrF6N3. The molecule has 0 saturated heterocycles. The summed E-state index contributed by atoms with van der Waals surface area (Å²) >= 11 is 0. The molecule has 0 spiro atoms. The highest BCUT2D eigenvalue weighted by atomic mass is 79.9. The number of nitrogens with zero attached hydrogens (tertiary/aromatic N) is 1. The highest BCUT2D eigenvalue weighted by Gasteiger charge is 2.38. The minimum absolute atomic E-state index is 0. The van der Waals surface area contributed by atoms with E-state index in [1.807, 2.05) is 0 Å². The number of nitrogen functional groups attached to an aromatic ring is 2. The number of anilines is 2. The second-order valence-corrected chi connectivity index (χ2v) is 7.28. The number of pyridine rings is 1. The Labute approximate surface area is 189 Å². The Bertz CT molecular complexity index is 1310. The third-order valence-corrected chi connectivity index (χ3v) is 5.17. The number of aryl methyl sites for hydroxylation is 1. The first-order valence-corrected chi connectivity index (χ1v) is 9.06. The number of rotatable bonds is 1. The summed E-state index contributed by atoms with van der Waals surface area (Å²) in [6.45, 7) is 0. The van der Waals surface area contributed by atoms with E-state index in [4.69, 9.17) is 11.5 Å². The highest BCUT2D eigenvalue weighted by molar-refractivity contribution is 6.10. The average Bonchev–Trinajstić information content (AvgIpc) is 2.66. The summed E-state index contributed by atoms with van der Waals surface area (Å²) in [5.74, 6) is 0. The van der Waals surface area contributed by atoms with Gasteiger partial charge in [0.15, 0.2) is 0 Å². The van der Waals surface area contributed by atoms with Crippen LogP contribution in [0, 0.1) is 0 Å². The number of alkyl halides is 6. The predicted molar refractivity (Wildman–Crippen MR) is 107 cm³/mol. The van der Waals surface area contributed by atoms with Crippen LogP contribution in [0.5, 0.6) is 0 Å². The monoisotopic (exact) mass is 515 g/mol. The van der Waals surface area contributed by atoms with Crippen LogP contribution in [0.2, 0.25) is 0 Å². The van der Waals surface area contributed by atoms with E-state index in [0.29, 0.717) is 39.8 Å². The number of halogens is 7. The third kappa shape index (κ3) is 4.06. The molecule has 0 atom stereocenters. The molecule has 0 saturated carbocycles. The summed E-state index contributed by atoms with van der Waals surface area (Å²) < 4.78 is 82.1. The molecule has 168 valence electrons. The number of aromatic nitrogens is 1. The first kappa shape index (κ1) is 23.6. The standard InChI is InChI=1S/C22H15F6N3.BrH/c1-31-19-10-15(30)3-5-17(19)16-4-2-14(29)9-18(16)20(31)11-6-12(21(23,24)25)8-13(7-11)22(26,27)28;/h2-10,30H,29H2,1H3;1H. The second-order valence-electron chi connectivity index (χ2n) is 7.28. The fourth-order valence-electron chi connectivity index (χ4n) is 3.79. The first-order chi connectivity index (χ1) is 14.4. The molecule has 3 aromatic carbocycles. The van der Waals surface area contributed by atoms with Crippen molar-refractivity contribution in [2.75, 3.05) is 11.5 Å². The Morgan fingerprint density at radius 2 is 1.16 bits per heavy atom. The number of fused-ring (bicyclic) bond motifs is 3. The second kappa shape index (κ2) is 7.84. The number of hydrogen-bond donors (Lipinski definition) is 2. The highest BCUT2D eigenvalue weighted by Crippen LogP contribution is 2.40. The molecular weight excluding hydrogens is 500 g/mol. The van der Waals surface area contributed by atoms with Crippen molar-refractivity contribution in [2.24, 2.45) is 7.05 Å². The number of nitrogens with two attached hydrogens (primary N) is 2. The van der Waals surface area contributed by atoms with Crippen molar-refractivity contribution in [1.82, 2.24) is 0 Å². The molecule has 0 amide bonds. The van der Waals surface area contributed by atoms with Crippen molar-refractivity contribution in [3.05, 3.63) is 65.7 Å². The Balaban J connectivity index is 0.00000289. The third-order valence-electron chi connectivity index (χ3n) is 5.17. The van der Waals surface area contributed by atoms with Gasteiger partial charge in [-0.2, -0.15) is 30.9 Å². The zero-order chi connectivity index (χ0) is 22.7. The van der Waals surface area contributed by atoms with Crippen molar-refractivity contribution in [2.45, 2.75) is 12.4 Å². The van der Waals surface area contributed by atoms with E-state index in [1.54, 1.807) is 37.4 Å². The van der Waals surface area contributed by atoms with Gasteiger partial charge in [-0.1, -0.05) is 6.07 Å². The van der Waals surface area contributed by atoms with Gasteiger partial charge >= 0.3 is 12.4 Å². The molecule has 3 nitrogen and oxygen atoms in total. The molecule has 10 heteroatoms. The summed E-state index contributed by atoms with van der Waals surface area (Å²) in [7, 11) is 1.56. The van der Waals surface area contributed by atoms with Gasteiger partial charge in [0.1, 0.15) is 7.05 Å². The summed E-state index contributed by atoms with van der Waals surface area (Å²) in [4.78, 5) is 0. The van der Waals surface area contributed by atoms with Crippen LogP contribution in [0.3, 0.4) is 0 Å². The summed E-state index contributed by atoms with van der Waals surface area (Å²) in [6.07, 6.45) is -9.91. The number of hydrogen-bond acceptors (Lipinski definition) is 2. The van der Waals surface area contributed by atoms with Gasteiger partial charge < -0.3 is 28.4 Å². The van der Waals surface area contributed by atoms with Crippen molar-refractivity contribution in [3.63, 3.8) is 0 Å². The molecule has 1 aromatic heterocycles. The Hall–Kier alpha value is -3.01. The van der Waals surface area contributed by atoms with Crippen LogP contribution in [0.1, 0.15) is 11.1 Å². The van der Waals surface area contributed by atoms with Gasteiger partial charge in [0.25, 0.3) is 0 Å². The van der Waals surface area contributed by atoms with Gasteiger partial charge in [-0.3, -0.25) is 0 Å². The van der Waals surface area contributed by atoms with E-state index in [1.165, 1.54) is 10.6 Å². The molecule has 4 N–H and O–H groups in total.